The predicted molar refractivity (Wildman–Crippen MR) is 72.6 cm³/mol. The lowest BCUT2D eigenvalue weighted by Gasteiger charge is -1.94. The Morgan fingerprint density at radius 1 is 1.50 bits per heavy atom. The minimum Gasteiger partial charge on any atom is -0.297 e. The summed E-state index contributed by atoms with van der Waals surface area (Å²) in [7, 11) is 0. The van der Waals surface area contributed by atoms with Gasteiger partial charge in [0.25, 0.3) is 0 Å². The number of alkyl halides is 1. The van der Waals surface area contributed by atoms with Crippen LogP contribution in [0.25, 0.3) is 10.1 Å². The van der Waals surface area contributed by atoms with E-state index in [1.165, 1.54) is 13.7 Å². The molecule has 0 saturated heterocycles. The monoisotopic (exact) mass is 380 g/mol. The second-order valence-electron chi connectivity index (χ2n) is 2.84. The third-order valence-corrected chi connectivity index (χ3v) is 4.38. The van der Waals surface area contributed by atoms with Gasteiger partial charge >= 0.3 is 0 Å². The zero-order valence-corrected chi connectivity index (χ0v) is 11.6. The van der Waals surface area contributed by atoms with Gasteiger partial charge in [0, 0.05) is 13.6 Å². The van der Waals surface area contributed by atoms with Crippen LogP contribution in [0, 0.1) is 3.57 Å². The fourth-order valence-electron chi connectivity index (χ4n) is 1.38. The van der Waals surface area contributed by atoms with E-state index in [9.17, 15) is 4.79 Å². The first-order chi connectivity index (χ1) is 6.76. The number of carbonyl (C=O) groups excluding carboxylic acids is 1. The van der Waals surface area contributed by atoms with Crippen LogP contribution >= 0.6 is 49.9 Å². The summed E-state index contributed by atoms with van der Waals surface area (Å²) in [6.07, 6.45) is 0.939. The maximum absolute atomic E-state index is 10.8. The van der Waals surface area contributed by atoms with Crippen LogP contribution in [-0.4, -0.2) is 6.29 Å². The summed E-state index contributed by atoms with van der Waals surface area (Å²) in [4.78, 5) is 11.7. The summed E-state index contributed by atoms with van der Waals surface area (Å²) < 4.78 is 2.39. The van der Waals surface area contributed by atoms with E-state index in [2.05, 4.69) is 56.7 Å². The van der Waals surface area contributed by atoms with E-state index in [1.807, 2.05) is 0 Å². The van der Waals surface area contributed by atoms with Crippen molar-refractivity contribution in [2.75, 3.05) is 0 Å². The molecule has 0 radical (unpaired) electrons. The van der Waals surface area contributed by atoms with Crippen molar-refractivity contribution in [1.29, 1.82) is 0 Å². The van der Waals surface area contributed by atoms with Crippen LogP contribution in [0.3, 0.4) is 0 Å². The highest BCUT2D eigenvalue weighted by atomic mass is 127. The van der Waals surface area contributed by atoms with Crippen LogP contribution in [0.15, 0.2) is 18.2 Å². The van der Waals surface area contributed by atoms with Gasteiger partial charge in [0.2, 0.25) is 0 Å². The van der Waals surface area contributed by atoms with E-state index in [0.717, 1.165) is 22.1 Å². The van der Waals surface area contributed by atoms with Crippen molar-refractivity contribution in [2.24, 2.45) is 0 Å². The van der Waals surface area contributed by atoms with Gasteiger partial charge in [0.1, 0.15) is 0 Å². The quantitative estimate of drug-likeness (QED) is 0.433. The summed E-state index contributed by atoms with van der Waals surface area (Å²) >= 11 is 7.25. The topological polar surface area (TPSA) is 17.1 Å². The number of rotatable bonds is 2. The lowest BCUT2D eigenvalue weighted by Crippen LogP contribution is -1.80. The van der Waals surface area contributed by atoms with Crippen LogP contribution in [0.5, 0.6) is 0 Å². The first-order valence-electron chi connectivity index (χ1n) is 3.98. The molecule has 0 N–H and O–H groups in total. The molecule has 0 aliphatic rings. The second-order valence-corrected chi connectivity index (χ2v) is 5.73. The number of aldehydes is 1. The van der Waals surface area contributed by atoms with Crippen molar-refractivity contribution < 1.29 is 4.79 Å². The van der Waals surface area contributed by atoms with E-state index in [0.29, 0.717) is 0 Å². The van der Waals surface area contributed by atoms with E-state index in [1.54, 1.807) is 11.3 Å². The molecule has 14 heavy (non-hydrogen) atoms. The van der Waals surface area contributed by atoms with Crippen LogP contribution in [-0.2, 0) is 5.33 Å². The van der Waals surface area contributed by atoms with Crippen molar-refractivity contribution in [3.63, 3.8) is 0 Å². The van der Waals surface area contributed by atoms with Gasteiger partial charge in [-0.15, -0.1) is 11.3 Å². The molecule has 72 valence electrons. The number of carbonyl (C=O) groups is 1. The average molecular weight is 381 g/mol. The molecule has 4 heteroatoms. The van der Waals surface area contributed by atoms with Crippen molar-refractivity contribution in [3.8, 4) is 0 Å². The Balaban J connectivity index is 2.79. The molecule has 0 spiro atoms. The molecule has 0 unspecified atom stereocenters. The molecular weight excluding hydrogens is 375 g/mol. The Hall–Kier alpha value is 0.0600. The van der Waals surface area contributed by atoms with Gasteiger partial charge in [-0.3, -0.25) is 4.79 Å². The summed E-state index contributed by atoms with van der Waals surface area (Å²) in [6.45, 7) is 0. The normalized spacial score (nSPS) is 10.7. The molecule has 1 aromatic carbocycles. The minimum atomic E-state index is 0.738. The van der Waals surface area contributed by atoms with Gasteiger partial charge < -0.3 is 0 Å². The van der Waals surface area contributed by atoms with Gasteiger partial charge in [-0.2, -0.15) is 0 Å². The number of hydrogen-bond donors (Lipinski definition) is 0. The van der Waals surface area contributed by atoms with Crippen molar-refractivity contribution in [2.45, 2.75) is 5.33 Å². The molecule has 2 rings (SSSR count). The highest BCUT2D eigenvalue weighted by Gasteiger charge is 2.10. The Bertz CT molecular complexity index is 492. The van der Waals surface area contributed by atoms with Crippen LogP contribution in [0.2, 0.25) is 0 Å². The first kappa shape index (κ1) is 10.6. The predicted octanol–water partition coefficient (Wildman–Crippen LogP) is 4.21. The standard InChI is InChI=1S/C10H6BrIOS/c11-4-8-7-2-1-6(12)3-9(7)14-10(8)5-13/h1-3,5H,4H2. The van der Waals surface area contributed by atoms with E-state index >= 15 is 0 Å². The third kappa shape index (κ3) is 1.75. The Morgan fingerprint density at radius 2 is 2.29 bits per heavy atom. The highest BCUT2D eigenvalue weighted by molar-refractivity contribution is 14.1. The van der Waals surface area contributed by atoms with E-state index < -0.39 is 0 Å². The summed E-state index contributed by atoms with van der Waals surface area (Å²) in [6, 6.07) is 6.26. The smallest absolute Gasteiger partial charge is 0.160 e. The lowest BCUT2D eigenvalue weighted by atomic mass is 10.1. The molecule has 0 aliphatic heterocycles. The SMILES string of the molecule is O=Cc1sc2cc(I)ccc2c1CBr. The zero-order valence-electron chi connectivity index (χ0n) is 7.09. The van der Waals surface area contributed by atoms with Crippen molar-refractivity contribution in [1.82, 2.24) is 0 Å². The second kappa shape index (κ2) is 4.28. The van der Waals surface area contributed by atoms with E-state index in [4.69, 9.17) is 0 Å². The molecule has 0 aliphatic carbocycles. The Kier molecular flexibility index (Phi) is 3.23. The van der Waals surface area contributed by atoms with Gasteiger partial charge in [-0.1, -0.05) is 22.0 Å². The van der Waals surface area contributed by atoms with Gasteiger partial charge in [0.05, 0.1) is 4.88 Å². The molecule has 0 amide bonds. The molecule has 0 fully saturated rings. The van der Waals surface area contributed by atoms with E-state index in [-0.39, 0.29) is 0 Å². The Labute approximate surface area is 108 Å². The molecular formula is C10H6BrIOS. The summed E-state index contributed by atoms with van der Waals surface area (Å²) in [5, 5.41) is 1.93. The largest absolute Gasteiger partial charge is 0.297 e. The molecule has 1 aromatic heterocycles. The number of halogens is 2. The Morgan fingerprint density at radius 3 is 2.93 bits per heavy atom. The highest BCUT2D eigenvalue weighted by Crippen LogP contribution is 2.32. The summed E-state index contributed by atoms with van der Waals surface area (Å²) in [5.41, 5.74) is 1.11. The number of thiophene rings is 1. The first-order valence-corrected chi connectivity index (χ1v) is 7.00. The molecule has 0 bridgehead atoms. The molecule has 2 aromatic rings. The number of fused-ring (bicyclic) bond motifs is 1. The fraction of sp³-hybridized carbons (Fsp3) is 0.100. The fourth-order valence-corrected chi connectivity index (χ4v) is 3.95. The maximum atomic E-state index is 10.8. The van der Waals surface area contributed by atoms with Crippen molar-refractivity contribution in [3.05, 3.63) is 32.2 Å². The van der Waals surface area contributed by atoms with Crippen molar-refractivity contribution >= 4 is 66.2 Å². The van der Waals surface area contributed by atoms with Crippen LogP contribution in [0.4, 0.5) is 0 Å². The molecule has 0 saturated carbocycles. The number of hydrogen-bond acceptors (Lipinski definition) is 2. The minimum absolute atomic E-state index is 0.738. The molecule has 1 heterocycles. The number of benzene rings is 1. The van der Waals surface area contributed by atoms with Gasteiger partial charge in [0.15, 0.2) is 6.29 Å². The zero-order chi connectivity index (χ0) is 10.1. The lowest BCUT2D eigenvalue weighted by molar-refractivity contribution is 0.112. The summed E-state index contributed by atoms with van der Waals surface area (Å²) in [5.74, 6) is 0. The molecule has 0 atom stereocenters. The van der Waals surface area contributed by atoms with Crippen LogP contribution in [0.1, 0.15) is 15.2 Å². The van der Waals surface area contributed by atoms with Gasteiger partial charge in [-0.25, -0.2) is 0 Å². The maximum Gasteiger partial charge on any atom is 0.160 e. The molecule has 1 nitrogen and oxygen atoms in total. The third-order valence-electron chi connectivity index (χ3n) is 2.03. The van der Waals surface area contributed by atoms with Crippen LogP contribution < -0.4 is 0 Å². The van der Waals surface area contributed by atoms with Gasteiger partial charge in [-0.05, 0) is 45.7 Å². The average Bonchev–Trinajstić information content (AvgIpc) is 2.54.